The normalized spacial score (nSPS) is 19.6. The van der Waals surface area contributed by atoms with Crippen LogP contribution in [0.3, 0.4) is 0 Å². The van der Waals surface area contributed by atoms with Gasteiger partial charge in [-0.25, -0.2) is 4.39 Å². The highest BCUT2D eigenvalue weighted by Gasteiger charge is 2.52. The lowest BCUT2D eigenvalue weighted by Gasteiger charge is -2.38. The predicted molar refractivity (Wildman–Crippen MR) is 127 cm³/mol. The standard InChI is InChI=1S/C25H38FO5P/c1-23(2,3)18-12-10-11-17-16(15-19(24(4,5)6)22(28)21(17)18)13-14-20(27)25(7,26)32(29,30-8)31-9/h13-15,18,28H,10-12H2,1-9H3/b14-13+. The molecule has 7 heteroatoms. The molecule has 0 amide bonds. The maximum absolute atomic E-state index is 15.2. The number of rotatable bonds is 6. The number of benzene rings is 1. The van der Waals surface area contributed by atoms with E-state index >= 15 is 4.39 Å². The van der Waals surface area contributed by atoms with Crippen molar-refractivity contribution in [2.24, 2.45) is 5.41 Å². The number of aromatic hydroxyl groups is 1. The lowest BCUT2D eigenvalue weighted by atomic mass is 9.66. The Labute approximate surface area is 191 Å². The first-order valence-electron chi connectivity index (χ1n) is 11.0. The van der Waals surface area contributed by atoms with E-state index in [0.717, 1.165) is 68.7 Å². The number of phenolic OH excluding ortho intramolecular Hbond substituents is 1. The fourth-order valence-electron chi connectivity index (χ4n) is 4.49. The third-order valence-electron chi connectivity index (χ3n) is 6.46. The summed E-state index contributed by atoms with van der Waals surface area (Å²) in [6.45, 7) is 13.5. The van der Waals surface area contributed by atoms with E-state index in [-0.39, 0.29) is 16.7 Å². The molecule has 180 valence electrons. The van der Waals surface area contributed by atoms with E-state index < -0.39 is 18.8 Å². The molecule has 0 saturated heterocycles. The molecule has 0 aliphatic heterocycles. The molecule has 0 radical (unpaired) electrons. The third-order valence-corrected chi connectivity index (χ3v) is 8.67. The van der Waals surface area contributed by atoms with Gasteiger partial charge in [0.1, 0.15) is 5.75 Å². The van der Waals surface area contributed by atoms with Gasteiger partial charge in [-0.1, -0.05) is 47.6 Å². The monoisotopic (exact) mass is 468 g/mol. The Kier molecular flexibility index (Phi) is 7.56. The van der Waals surface area contributed by atoms with Gasteiger partial charge in [-0.05, 0) is 66.2 Å². The highest BCUT2D eigenvalue weighted by Crippen LogP contribution is 2.60. The average molecular weight is 469 g/mol. The molecular formula is C25H38FO5P. The number of fused-ring (bicyclic) bond motifs is 1. The lowest BCUT2D eigenvalue weighted by Crippen LogP contribution is -2.30. The number of allylic oxidation sites excluding steroid dienone is 1. The smallest absolute Gasteiger partial charge is 0.374 e. The zero-order valence-electron chi connectivity index (χ0n) is 20.8. The number of halogens is 1. The minimum atomic E-state index is -4.27. The number of carbonyl (C=O) groups excluding carboxylic acids is 1. The van der Waals surface area contributed by atoms with E-state index in [0.29, 0.717) is 5.75 Å². The van der Waals surface area contributed by atoms with E-state index in [1.807, 2.05) is 26.8 Å². The first kappa shape index (κ1) is 26.8. The van der Waals surface area contributed by atoms with E-state index in [4.69, 9.17) is 9.05 Å². The number of hydrogen-bond donors (Lipinski definition) is 1. The quantitative estimate of drug-likeness (QED) is 0.363. The average Bonchev–Trinajstić information content (AvgIpc) is 2.70. The van der Waals surface area contributed by atoms with Crippen molar-refractivity contribution in [3.63, 3.8) is 0 Å². The van der Waals surface area contributed by atoms with Crippen molar-refractivity contribution in [1.29, 1.82) is 0 Å². The van der Waals surface area contributed by atoms with Crippen LogP contribution in [0.15, 0.2) is 12.1 Å². The van der Waals surface area contributed by atoms with Crippen molar-refractivity contribution in [1.82, 2.24) is 0 Å². The van der Waals surface area contributed by atoms with Crippen LogP contribution in [0.4, 0.5) is 4.39 Å². The maximum atomic E-state index is 15.2. The van der Waals surface area contributed by atoms with Crippen LogP contribution in [0.1, 0.15) is 89.5 Å². The largest absolute Gasteiger partial charge is 0.507 e. The van der Waals surface area contributed by atoms with Gasteiger partial charge < -0.3 is 14.2 Å². The molecule has 0 fully saturated rings. The van der Waals surface area contributed by atoms with Crippen molar-refractivity contribution in [2.45, 2.75) is 84.5 Å². The Hall–Kier alpha value is -1.49. The van der Waals surface area contributed by atoms with Crippen LogP contribution in [0, 0.1) is 5.41 Å². The van der Waals surface area contributed by atoms with Gasteiger partial charge in [0, 0.05) is 25.3 Å². The zero-order valence-corrected chi connectivity index (χ0v) is 21.7. The van der Waals surface area contributed by atoms with Crippen molar-refractivity contribution in [2.75, 3.05) is 14.2 Å². The predicted octanol–water partition coefficient (Wildman–Crippen LogP) is 6.91. The maximum Gasteiger partial charge on any atom is 0.374 e. The highest BCUT2D eigenvalue weighted by atomic mass is 31.2. The minimum Gasteiger partial charge on any atom is -0.507 e. The van der Waals surface area contributed by atoms with Crippen LogP contribution >= 0.6 is 7.60 Å². The van der Waals surface area contributed by atoms with E-state index in [2.05, 4.69) is 20.8 Å². The Balaban J connectivity index is 2.67. The Morgan fingerprint density at radius 3 is 2.19 bits per heavy atom. The molecule has 2 atom stereocenters. The Morgan fingerprint density at radius 1 is 1.16 bits per heavy atom. The molecule has 1 aliphatic carbocycles. The van der Waals surface area contributed by atoms with Gasteiger partial charge in [0.15, 0.2) is 0 Å². The van der Waals surface area contributed by atoms with E-state index in [1.54, 1.807) is 6.08 Å². The second-order valence-corrected chi connectivity index (χ2v) is 13.4. The van der Waals surface area contributed by atoms with Crippen LogP contribution in [0.2, 0.25) is 0 Å². The number of hydrogen-bond acceptors (Lipinski definition) is 5. The summed E-state index contributed by atoms with van der Waals surface area (Å²) in [7, 11) is -2.16. The molecule has 2 unspecified atom stereocenters. The van der Waals surface area contributed by atoms with Crippen LogP contribution < -0.4 is 0 Å². The van der Waals surface area contributed by atoms with Crippen LogP contribution in [-0.2, 0) is 30.2 Å². The molecule has 1 aromatic rings. The molecular weight excluding hydrogens is 430 g/mol. The first-order chi connectivity index (χ1) is 14.5. The molecule has 32 heavy (non-hydrogen) atoms. The minimum absolute atomic E-state index is 0.0545. The SMILES string of the molecule is COP(=O)(OC)C(C)(F)C(=O)/C=C/c1cc(C(C)(C)C)c(O)c2c1CCCC2C(C)(C)C. The third kappa shape index (κ3) is 4.88. The number of carbonyl (C=O) groups is 1. The van der Waals surface area contributed by atoms with Gasteiger partial charge in [-0.2, -0.15) is 0 Å². The van der Waals surface area contributed by atoms with Crippen molar-refractivity contribution in [3.8, 4) is 5.75 Å². The molecule has 2 rings (SSSR count). The molecule has 0 aromatic heterocycles. The zero-order chi connectivity index (χ0) is 24.7. The Morgan fingerprint density at radius 2 is 1.72 bits per heavy atom. The highest BCUT2D eigenvalue weighted by molar-refractivity contribution is 7.56. The summed E-state index contributed by atoms with van der Waals surface area (Å²) in [5.74, 6) is -0.522. The molecule has 1 aliphatic rings. The number of alkyl halides is 1. The van der Waals surface area contributed by atoms with E-state index in [1.165, 1.54) is 0 Å². The summed E-state index contributed by atoms with van der Waals surface area (Å²) in [6.07, 6.45) is 5.35. The van der Waals surface area contributed by atoms with Gasteiger partial charge in [0.05, 0.1) is 0 Å². The summed E-state index contributed by atoms with van der Waals surface area (Å²) in [5, 5.41) is 8.47. The molecule has 0 bridgehead atoms. The summed E-state index contributed by atoms with van der Waals surface area (Å²) >= 11 is 0. The molecule has 0 saturated carbocycles. The second kappa shape index (κ2) is 9.04. The van der Waals surface area contributed by atoms with Gasteiger partial charge in [0.25, 0.3) is 5.41 Å². The van der Waals surface area contributed by atoms with Gasteiger partial charge in [-0.15, -0.1) is 0 Å². The van der Waals surface area contributed by atoms with Gasteiger partial charge >= 0.3 is 7.60 Å². The van der Waals surface area contributed by atoms with Gasteiger partial charge in [0.2, 0.25) is 5.78 Å². The first-order valence-corrected chi connectivity index (χ1v) is 12.6. The van der Waals surface area contributed by atoms with Crippen LogP contribution in [-0.4, -0.2) is 30.5 Å². The number of ketones is 1. The molecule has 1 N–H and O–H groups in total. The topological polar surface area (TPSA) is 72.8 Å². The van der Waals surface area contributed by atoms with E-state index in [9.17, 15) is 14.5 Å². The number of phenols is 1. The molecule has 1 aromatic carbocycles. The Bertz CT molecular complexity index is 943. The van der Waals surface area contributed by atoms with Crippen molar-refractivity contribution < 1.29 is 27.9 Å². The van der Waals surface area contributed by atoms with Crippen molar-refractivity contribution in [3.05, 3.63) is 34.4 Å². The summed E-state index contributed by atoms with van der Waals surface area (Å²) in [4.78, 5) is 12.7. The summed E-state index contributed by atoms with van der Waals surface area (Å²) < 4.78 is 37.1. The second-order valence-electron chi connectivity index (χ2n) is 10.8. The molecule has 0 spiro atoms. The fourth-order valence-corrected chi connectivity index (χ4v) is 5.67. The molecule has 0 heterocycles. The van der Waals surface area contributed by atoms with Crippen LogP contribution in [0.5, 0.6) is 5.75 Å². The van der Waals surface area contributed by atoms with Crippen molar-refractivity contribution >= 4 is 19.5 Å². The van der Waals surface area contributed by atoms with Gasteiger partial charge in [-0.3, -0.25) is 9.36 Å². The fraction of sp³-hybridized carbons (Fsp3) is 0.640. The summed E-state index contributed by atoms with van der Waals surface area (Å²) in [5.41, 5.74) is 3.06. The summed E-state index contributed by atoms with van der Waals surface area (Å²) in [6, 6.07) is 1.88. The van der Waals surface area contributed by atoms with Crippen LogP contribution in [0.25, 0.3) is 6.08 Å². The lowest BCUT2D eigenvalue weighted by molar-refractivity contribution is -0.121. The molecule has 5 nitrogen and oxygen atoms in total.